The van der Waals surface area contributed by atoms with E-state index in [9.17, 15) is 0 Å². The average Bonchev–Trinajstić information content (AvgIpc) is 3.11. The molecule has 0 aliphatic heterocycles. The molecule has 0 atom stereocenters. The first-order valence-electron chi connectivity index (χ1n) is 8.16. The Labute approximate surface area is 155 Å². The van der Waals surface area contributed by atoms with E-state index in [0.717, 1.165) is 24.0 Å². The molecule has 0 aliphatic rings. The minimum Gasteiger partial charge on any atom is -0.343 e. The van der Waals surface area contributed by atoms with E-state index in [2.05, 4.69) is 25.3 Å². The maximum atomic E-state index is 6.33. The van der Waals surface area contributed by atoms with Gasteiger partial charge < -0.3 is 4.90 Å². The van der Waals surface area contributed by atoms with Gasteiger partial charge in [0.2, 0.25) is 5.95 Å². The number of rotatable bonds is 5. The Kier molecular flexibility index (Phi) is 4.45. The Balaban J connectivity index is 1.62. The molecule has 4 rings (SSSR count). The smallest absolute Gasteiger partial charge is 0.227 e. The molecule has 0 aliphatic carbocycles. The Hall–Kier alpha value is -3.06. The number of anilines is 1. The molecule has 7 nitrogen and oxygen atoms in total. The van der Waals surface area contributed by atoms with Crippen LogP contribution in [0.25, 0.3) is 16.9 Å². The van der Waals surface area contributed by atoms with Crippen LogP contribution in [-0.2, 0) is 6.42 Å². The molecule has 8 heteroatoms. The molecule has 0 saturated heterocycles. The molecule has 0 amide bonds. The third-order valence-corrected chi connectivity index (χ3v) is 4.36. The molecule has 0 fully saturated rings. The molecule has 26 heavy (non-hydrogen) atoms. The zero-order valence-corrected chi connectivity index (χ0v) is 14.9. The van der Waals surface area contributed by atoms with Crippen molar-refractivity contribution in [3.63, 3.8) is 0 Å². The van der Waals surface area contributed by atoms with Crippen molar-refractivity contribution in [1.29, 1.82) is 0 Å². The molecule has 0 saturated carbocycles. The van der Waals surface area contributed by atoms with Crippen LogP contribution in [0.3, 0.4) is 0 Å². The standard InChI is InChI=1S/C18H16ClN7/c1-25(11-8-13-6-9-20-10-7-13)18-21-12-14(19)17(22-18)26-16-5-3-2-4-15(16)23-24-26/h2-7,9-10,12H,8,11H2,1H3. The zero-order valence-electron chi connectivity index (χ0n) is 14.1. The summed E-state index contributed by atoms with van der Waals surface area (Å²) < 4.78 is 1.64. The van der Waals surface area contributed by atoms with E-state index >= 15 is 0 Å². The Morgan fingerprint density at radius 3 is 2.77 bits per heavy atom. The van der Waals surface area contributed by atoms with Crippen molar-refractivity contribution in [2.45, 2.75) is 6.42 Å². The minimum absolute atomic E-state index is 0.423. The number of nitrogens with zero attached hydrogens (tertiary/aromatic N) is 7. The van der Waals surface area contributed by atoms with Crippen LogP contribution < -0.4 is 4.90 Å². The SMILES string of the molecule is CN(CCc1ccncc1)c1ncc(Cl)c(-n2nnc3ccccc32)n1. The van der Waals surface area contributed by atoms with Gasteiger partial charge in [-0.3, -0.25) is 4.98 Å². The van der Waals surface area contributed by atoms with Crippen LogP contribution in [0.4, 0.5) is 5.95 Å². The number of pyridine rings is 1. The highest BCUT2D eigenvalue weighted by Gasteiger charge is 2.14. The fourth-order valence-electron chi connectivity index (χ4n) is 2.65. The van der Waals surface area contributed by atoms with E-state index in [1.54, 1.807) is 23.3 Å². The first kappa shape index (κ1) is 16.4. The lowest BCUT2D eigenvalue weighted by Crippen LogP contribution is -2.23. The highest BCUT2D eigenvalue weighted by Crippen LogP contribution is 2.22. The Morgan fingerprint density at radius 1 is 1.12 bits per heavy atom. The van der Waals surface area contributed by atoms with E-state index in [-0.39, 0.29) is 0 Å². The number of aromatic nitrogens is 6. The fraction of sp³-hybridized carbons (Fsp3) is 0.167. The van der Waals surface area contributed by atoms with Crippen molar-refractivity contribution in [2.24, 2.45) is 0 Å². The van der Waals surface area contributed by atoms with Gasteiger partial charge in [-0.1, -0.05) is 28.9 Å². The third kappa shape index (κ3) is 3.21. The van der Waals surface area contributed by atoms with Crippen LogP contribution in [-0.4, -0.2) is 43.5 Å². The van der Waals surface area contributed by atoms with Crippen LogP contribution in [0.5, 0.6) is 0 Å². The van der Waals surface area contributed by atoms with Crippen LogP contribution >= 0.6 is 11.6 Å². The van der Waals surface area contributed by atoms with Crippen LogP contribution in [0.2, 0.25) is 5.02 Å². The molecule has 1 aromatic carbocycles. The first-order chi connectivity index (χ1) is 12.7. The van der Waals surface area contributed by atoms with Crippen LogP contribution in [0, 0.1) is 0 Å². The maximum Gasteiger partial charge on any atom is 0.227 e. The summed E-state index contributed by atoms with van der Waals surface area (Å²) in [5.74, 6) is 1.10. The summed E-state index contributed by atoms with van der Waals surface area (Å²) in [6.07, 6.45) is 6.05. The van der Waals surface area contributed by atoms with Crippen LogP contribution in [0.15, 0.2) is 55.0 Å². The molecule has 3 aromatic heterocycles. The van der Waals surface area contributed by atoms with Gasteiger partial charge in [-0.05, 0) is 36.2 Å². The molecular formula is C18H16ClN7. The second-order valence-electron chi connectivity index (χ2n) is 5.86. The number of halogens is 1. The fourth-order valence-corrected chi connectivity index (χ4v) is 2.82. The van der Waals surface area contributed by atoms with E-state index in [4.69, 9.17) is 11.6 Å². The summed E-state index contributed by atoms with van der Waals surface area (Å²) in [4.78, 5) is 15.0. The molecule has 0 unspecified atom stereocenters. The summed E-state index contributed by atoms with van der Waals surface area (Å²) in [5.41, 5.74) is 2.84. The summed E-state index contributed by atoms with van der Waals surface area (Å²) >= 11 is 6.33. The predicted molar refractivity (Wildman–Crippen MR) is 101 cm³/mol. The maximum absolute atomic E-state index is 6.33. The van der Waals surface area contributed by atoms with Gasteiger partial charge in [0.05, 0.1) is 11.7 Å². The van der Waals surface area contributed by atoms with Crippen molar-refractivity contribution < 1.29 is 0 Å². The van der Waals surface area contributed by atoms with E-state index in [1.165, 1.54) is 5.56 Å². The number of benzene rings is 1. The average molecular weight is 366 g/mol. The summed E-state index contributed by atoms with van der Waals surface area (Å²) in [7, 11) is 1.95. The first-order valence-corrected chi connectivity index (χ1v) is 8.53. The number of fused-ring (bicyclic) bond motifs is 1. The van der Waals surface area contributed by atoms with E-state index in [0.29, 0.717) is 16.8 Å². The third-order valence-electron chi connectivity index (χ3n) is 4.09. The summed E-state index contributed by atoms with van der Waals surface area (Å²) in [6, 6.07) is 11.7. The Bertz CT molecular complexity index is 1030. The van der Waals surface area contributed by atoms with Gasteiger partial charge in [-0.15, -0.1) is 5.10 Å². The van der Waals surface area contributed by atoms with E-state index < -0.39 is 0 Å². The van der Waals surface area contributed by atoms with Crippen molar-refractivity contribution in [3.05, 3.63) is 65.6 Å². The second kappa shape index (κ2) is 7.05. The molecule has 0 bridgehead atoms. The molecular weight excluding hydrogens is 350 g/mol. The van der Waals surface area contributed by atoms with Gasteiger partial charge in [0.15, 0.2) is 5.82 Å². The van der Waals surface area contributed by atoms with Gasteiger partial charge in [0.25, 0.3) is 0 Å². The van der Waals surface area contributed by atoms with E-state index in [1.807, 2.05) is 48.3 Å². The lowest BCUT2D eigenvalue weighted by atomic mass is 10.2. The van der Waals surface area contributed by atoms with Crippen molar-refractivity contribution in [1.82, 2.24) is 29.9 Å². The van der Waals surface area contributed by atoms with Crippen molar-refractivity contribution >= 4 is 28.6 Å². The molecule has 130 valence electrons. The summed E-state index contributed by atoms with van der Waals surface area (Å²) in [5, 5.41) is 8.77. The topological polar surface area (TPSA) is 72.6 Å². The lowest BCUT2D eigenvalue weighted by molar-refractivity contribution is 0.780. The highest BCUT2D eigenvalue weighted by atomic mass is 35.5. The molecule has 0 radical (unpaired) electrons. The van der Waals surface area contributed by atoms with Gasteiger partial charge >= 0.3 is 0 Å². The lowest BCUT2D eigenvalue weighted by Gasteiger charge is -2.18. The number of hydrogen-bond donors (Lipinski definition) is 0. The molecule has 0 spiro atoms. The molecule has 4 aromatic rings. The zero-order chi connectivity index (χ0) is 17.9. The second-order valence-corrected chi connectivity index (χ2v) is 6.27. The quantitative estimate of drug-likeness (QED) is 0.541. The molecule has 0 N–H and O–H groups in total. The number of hydrogen-bond acceptors (Lipinski definition) is 6. The molecule has 3 heterocycles. The number of para-hydroxylation sites is 1. The largest absolute Gasteiger partial charge is 0.343 e. The predicted octanol–water partition coefficient (Wildman–Crippen LogP) is 2.94. The number of likely N-dealkylation sites (N-methyl/N-ethyl adjacent to an activating group) is 1. The summed E-state index contributed by atoms with van der Waals surface area (Å²) in [6.45, 7) is 0.767. The normalized spacial score (nSPS) is 11.0. The van der Waals surface area contributed by atoms with Gasteiger partial charge in [-0.2, -0.15) is 9.67 Å². The minimum atomic E-state index is 0.423. The van der Waals surface area contributed by atoms with Crippen LogP contribution in [0.1, 0.15) is 5.56 Å². The Morgan fingerprint density at radius 2 is 1.92 bits per heavy atom. The van der Waals surface area contributed by atoms with Crippen molar-refractivity contribution in [2.75, 3.05) is 18.5 Å². The van der Waals surface area contributed by atoms with Gasteiger partial charge in [0, 0.05) is 26.0 Å². The highest BCUT2D eigenvalue weighted by molar-refractivity contribution is 6.32. The van der Waals surface area contributed by atoms with Gasteiger partial charge in [0.1, 0.15) is 10.5 Å². The van der Waals surface area contributed by atoms with Gasteiger partial charge in [-0.25, -0.2) is 4.98 Å². The monoisotopic (exact) mass is 365 g/mol. The van der Waals surface area contributed by atoms with Crippen molar-refractivity contribution in [3.8, 4) is 5.82 Å².